The first-order valence-electron chi connectivity index (χ1n) is 20.1. The van der Waals surface area contributed by atoms with E-state index in [0.29, 0.717) is 37.0 Å². The Morgan fingerprint density at radius 3 is 2.02 bits per heavy atom. The summed E-state index contributed by atoms with van der Waals surface area (Å²) in [5, 5.41) is 11.7. The topological polar surface area (TPSA) is 186 Å². The van der Waals surface area contributed by atoms with E-state index in [1.165, 1.54) is 42.4 Å². The average Bonchev–Trinajstić information content (AvgIpc) is 4.09. The summed E-state index contributed by atoms with van der Waals surface area (Å²) < 4.78 is 44.5. The summed E-state index contributed by atoms with van der Waals surface area (Å²) in [5.41, 5.74) is 14.4. The van der Waals surface area contributed by atoms with Crippen LogP contribution in [0.2, 0.25) is 0 Å². The Hall–Kier alpha value is -8.13. The van der Waals surface area contributed by atoms with Crippen LogP contribution in [-0.4, -0.2) is 68.1 Å². The average molecular weight is 906 g/mol. The number of pyridine rings is 2. The van der Waals surface area contributed by atoms with E-state index in [1.807, 2.05) is 82.2 Å². The molecule has 0 fully saturated rings. The predicted molar refractivity (Wildman–Crippen MR) is 254 cm³/mol. The molecular weight excluding hydrogens is 861 g/mol. The summed E-state index contributed by atoms with van der Waals surface area (Å²) in [6, 6.07) is 25.3. The first-order valence-corrected chi connectivity index (χ1v) is 20.5. The molecule has 16 nitrogen and oxygen atoms in total. The standard InChI is InChI=1S/C22H17FN6O.C19H21N5O.C5H5FN2.BHNS/c1-28-12-17(10-27-28)16-4-2-15(3-5-16)13-30-22-9-19(25-14-26-22)20-11-24-21-8-18(23)6-7-29(20)21;1-3-25-9-8-18-10-19(22-14-21-18)20-11-15-4-6-16(7-5-15)17-12-23-24(2)13-17;6-4-1-2-8-5(7)3-4;1-2-3/h2-12,14H,13H2,1H3;4-10,12-14H,3,11H2,1-2H3,(H,20,21,22);1-3H,(H2,7,8);3H/b;9-8+;;. The number of hydrogen-bond acceptors (Lipinski definition) is 14. The molecule has 0 aliphatic carbocycles. The first kappa shape index (κ1) is 47.4. The van der Waals surface area contributed by atoms with Crippen molar-refractivity contribution < 1.29 is 18.3 Å². The number of nitrogens with one attached hydrogen (secondary N) is 1. The molecule has 3 N–H and O–H groups in total. The molecular formula is C46H44BF2N14O2S. The van der Waals surface area contributed by atoms with Crippen LogP contribution >= 0.6 is 12.8 Å². The van der Waals surface area contributed by atoms with Crippen LogP contribution in [0.15, 0.2) is 152 Å². The van der Waals surface area contributed by atoms with Gasteiger partial charge < -0.3 is 20.5 Å². The van der Waals surface area contributed by atoms with Gasteiger partial charge in [0, 0.05) is 80.8 Å². The quantitative estimate of drug-likeness (QED) is 0.0605. The molecule has 0 unspecified atom stereocenters. The zero-order valence-electron chi connectivity index (χ0n) is 36.1. The Morgan fingerprint density at radius 1 is 0.758 bits per heavy atom. The molecule has 0 spiro atoms. The van der Waals surface area contributed by atoms with Crippen LogP contribution in [0, 0.1) is 11.6 Å². The Balaban J connectivity index is 0.000000180. The molecule has 9 rings (SSSR count). The minimum atomic E-state index is -0.350. The molecule has 66 heavy (non-hydrogen) atoms. The molecule has 20 heteroatoms. The van der Waals surface area contributed by atoms with Crippen molar-refractivity contribution in [3.8, 4) is 39.5 Å². The van der Waals surface area contributed by atoms with E-state index in [-0.39, 0.29) is 17.5 Å². The number of nitrogen functional groups attached to an aromatic ring is 1. The number of rotatable bonds is 12. The Bertz CT molecular complexity index is 2950. The van der Waals surface area contributed by atoms with Gasteiger partial charge in [0.05, 0.1) is 48.5 Å². The van der Waals surface area contributed by atoms with Gasteiger partial charge in [-0.05, 0) is 47.4 Å². The number of hydrogen-bond donors (Lipinski definition) is 3. The van der Waals surface area contributed by atoms with Crippen LogP contribution in [0.3, 0.4) is 0 Å². The number of aryl methyl sites for hydroxylation is 2. The van der Waals surface area contributed by atoms with Crippen LogP contribution in [0.1, 0.15) is 23.7 Å². The second-order valence-corrected chi connectivity index (χ2v) is 14.1. The minimum absolute atomic E-state index is 0.213. The SMILES string of the molecule is CCO/C=C/c1cc(NCc2ccc(-c3cnn(C)c3)cc2)ncn1.Cn1cc(-c2ccc(COc3cc(-c4cnc5cc(F)ccn45)ncn3)cc2)cn1.Nc1cc(F)ccn1.[B]=NS. The van der Waals surface area contributed by atoms with Gasteiger partial charge in [0.1, 0.15) is 48.2 Å². The van der Waals surface area contributed by atoms with Crippen molar-refractivity contribution in [3.05, 3.63) is 176 Å². The third kappa shape index (κ3) is 14.2. The van der Waals surface area contributed by atoms with Crippen LogP contribution in [0.5, 0.6) is 5.88 Å². The normalized spacial score (nSPS) is 10.5. The molecule has 0 saturated heterocycles. The van der Waals surface area contributed by atoms with Gasteiger partial charge in [-0.25, -0.2) is 38.7 Å². The van der Waals surface area contributed by atoms with Gasteiger partial charge in [0.25, 0.3) is 0 Å². The van der Waals surface area contributed by atoms with E-state index in [1.54, 1.807) is 44.8 Å². The number of ether oxygens (including phenoxy) is 2. The van der Waals surface area contributed by atoms with Crippen molar-refractivity contribution >= 4 is 43.8 Å². The second kappa shape index (κ2) is 24.1. The predicted octanol–water partition coefficient (Wildman–Crippen LogP) is 8.39. The van der Waals surface area contributed by atoms with Gasteiger partial charge in [-0.3, -0.25) is 13.8 Å². The number of benzene rings is 2. The van der Waals surface area contributed by atoms with Gasteiger partial charge in [0.2, 0.25) is 5.88 Å². The van der Waals surface area contributed by atoms with Crippen LogP contribution < -0.4 is 15.8 Å². The first-order chi connectivity index (χ1) is 32.1. The summed E-state index contributed by atoms with van der Waals surface area (Å²) in [4.78, 5) is 24.7. The Morgan fingerprint density at radius 2 is 1.41 bits per heavy atom. The monoisotopic (exact) mass is 905 g/mol. The number of halogens is 2. The van der Waals surface area contributed by atoms with Gasteiger partial charge >= 0.3 is 24.8 Å². The van der Waals surface area contributed by atoms with Gasteiger partial charge in [-0.2, -0.15) is 10.2 Å². The number of imidazole rings is 1. The molecule has 0 atom stereocenters. The summed E-state index contributed by atoms with van der Waals surface area (Å²) in [7, 11) is 8.15. The van der Waals surface area contributed by atoms with Gasteiger partial charge in [-0.1, -0.05) is 48.5 Å². The number of nitrogens with two attached hydrogens (primary N) is 1. The molecule has 0 saturated carbocycles. The van der Waals surface area contributed by atoms with E-state index in [0.717, 1.165) is 45.0 Å². The van der Waals surface area contributed by atoms with Crippen LogP contribution in [0.4, 0.5) is 20.4 Å². The molecule has 0 bridgehead atoms. The molecule has 0 aliphatic rings. The number of thiol groups is 1. The van der Waals surface area contributed by atoms with Gasteiger partial charge in [0.15, 0.2) is 0 Å². The Kier molecular flexibility index (Phi) is 17.3. The molecule has 0 amide bonds. The van der Waals surface area contributed by atoms with E-state index in [2.05, 4.69) is 94.4 Å². The summed E-state index contributed by atoms with van der Waals surface area (Å²) in [6.45, 7) is 3.65. The van der Waals surface area contributed by atoms with Crippen LogP contribution in [0.25, 0.3) is 45.4 Å². The molecule has 7 heterocycles. The fraction of sp³-hybridized carbons (Fsp3) is 0.130. The number of anilines is 2. The van der Waals surface area contributed by atoms with E-state index < -0.39 is 0 Å². The zero-order valence-corrected chi connectivity index (χ0v) is 37.0. The zero-order chi connectivity index (χ0) is 46.7. The van der Waals surface area contributed by atoms with Crippen molar-refractivity contribution in [1.29, 1.82) is 0 Å². The molecule has 9 aromatic rings. The summed E-state index contributed by atoms with van der Waals surface area (Å²) in [5.74, 6) is 0.763. The third-order valence-electron chi connectivity index (χ3n) is 9.16. The van der Waals surface area contributed by atoms with Crippen molar-refractivity contribution in [3.63, 3.8) is 0 Å². The van der Waals surface area contributed by atoms with E-state index in [9.17, 15) is 8.78 Å². The van der Waals surface area contributed by atoms with Crippen molar-refractivity contribution in [2.24, 2.45) is 18.4 Å². The van der Waals surface area contributed by atoms with Crippen molar-refractivity contribution in [2.75, 3.05) is 17.7 Å². The van der Waals surface area contributed by atoms with E-state index in [4.69, 9.17) is 15.2 Å². The van der Waals surface area contributed by atoms with Crippen molar-refractivity contribution in [1.82, 2.24) is 53.9 Å². The Labute approximate surface area is 386 Å². The van der Waals surface area contributed by atoms with E-state index >= 15 is 0 Å². The molecule has 2 aromatic carbocycles. The number of fused-ring (bicyclic) bond motifs is 1. The maximum absolute atomic E-state index is 13.4. The fourth-order valence-corrected chi connectivity index (χ4v) is 6.00. The fourth-order valence-electron chi connectivity index (χ4n) is 6.00. The number of nitrogens with zero attached hydrogens (tertiary/aromatic N) is 12. The maximum atomic E-state index is 13.4. The molecule has 0 aliphatic heterocycles. The second-order valence-electron chi connectivity index (χ2n) is 13.9. The summed E-state index contributed by atoms with van der Waals surface area (Å²) in [6.07, 6.45) is 18.7. The third-order valence-corrected chi connectivity index (χ3v) is 9.16. The molecule has 333 valence electrons. The summed E-state index contributed by atoms with van der Waals surface area (Å²) >= 11 is 3.19. The van der Waals surface area contributed by atoms with Crippen LogP contribution in [-0.2, 0) is 32.0 Å². The molecule has 1 radical (unpaired) electrons. The van der Waals surface area contributed by atoms with Crippen molar-refractivity contribution in [2.45, 2.75) is 20.1 Å². The molecule has 7 aromatic heterocycles. The number of aromatic nitrogens is 11. The van der Waals surface area contributed by atoms with Gasteiger partial charge in [-0.15, -0.1) is 0 Å².